The molecule has 2 aromatic heterocycles. The molecule has 0 amide bonds. The largest absolute Gasteiger partial charge is 0.790 e. The third kappa shape index (κ3) is 4.41. The molecule has 136 valence electrons. The predicted molar refractivity (Wildman–Crippen MR) is 84.7 cm³/mol. The van der Waals surface area contributed by atoms with Gasteiger partial charge in [-0.1, -0.05) is 12.1 Å². The van der Waals surface area contributed by atoms with Crippen LogP contribution in [0, 0.1) is 0 Å². The number of phosphoric acid groups is 1. The zero-order chi connectivity index (χ0) is 18.8. The van der Waals surface area contributed by atoms with Crippen LogP contribution in [0.25, 0.3) is 11.4 Å². The van der Waals surface area contributed by atoms with Crippen molar-refractivity contribution < 1.29 is 28.1 Å². The fourth-order valence-electron chi connectivity index (χ4n) is 2.04. The highest BCUT2D eigenvalue weighted by atomic mass is 31.3. The van der Waals surface area contributed by atoms with Gasteiger partial charge in [-0.2, -0.15) is 4.45 Å². The zero-order valence-electron chi connectivity index (χ0n) is 12.8. The molecule has 0 bridgehead atoms. The summed E-state index contributed by atoms with van der Waals surface area (Å²) in [5, 5.41) is 6.80. The summed E-state index contributed by atoms with van der Waals surface area (Å²) in [6.45, 7) is 0. The quantitative estimate of drug-likeness (QED) is 0.572. The molecule has 0 spiro atoms. The minimum atomic E-state index is -5.75. The molecule has 1 N–H and O–H groups in total. The SMILES string of the molecule is O=P([O-])([O-])OP(=O)([O-])n1cnc(-c2ccccc2Nc2ccncc2)n1. The van der Waals surface area contributed by atoms with E-state index in [-0.39, 0.29) is 10.3 Å². The first-order valence-corrected chi connectivity index (χ1v) is 9.94. The average molecular weight is 394 g/mol. The average Bonchev–Trinajstić information content (AvgIpc) is 3.05. The fraction of sp³-hybridized carbons (Fsp3) is 0. The molecule has 0 saturated heterocycles. The lowest BCUT2D eigenvalue weighted by molar-refractivity contribution is -0.338. The Morgan fingerprint density at radius 2 is 1.73 bits per heavy atom. The monoisotopic (exact) mass is 394 g/mol. The molecule has 0 aliphatic heterocycles. The van der Waals surface area contributed by atoms with E-state index in [2.05, 4.69) is 24.7 Å². The zero-order valence-corrected chi connectivity index (χ0v) is 14.6. The standard InChI is InChI=1S/C13H13N5O6P2/c19-25(20,24-26(21,22)23)18-9-15-13(17-18)11-3-1-2-4-12(11)16-10-5-7-14-8-6-10/h1-9H,(H,14,16)(H,19,20)(H2,21,22,23)/p-3. The van der Waals surface area contributed by atoms with Gasteiger partial charge in [-0.3, -0.25) is 13.9 Å². The minimum absolute atomic E-state index is 0.0199. The third-order valence-electron chi connectivity index (χ3n) is 3.06. The molecule has 1 atom stereocenters. The molecule has 0 aliphatic carbocycles. The maximum atomic E-state index is 11.7. The molecule has 0 aliphatic rings. The van der Waals surface area contributed by atoms with Gasteiger partial charge >= 0.3 is 0 Å². The van der Waals surface area contributed by atoms with Crippen molar-refractivity contribution >= 4 is 26.9 Å². The predicted octanol–water partition coefficient (Wildman–Crippen LogP) is 0.245. The van der Waals surface area contributed by atoms with Gasteiger partial charge in [-0.05, 0) is 24.3 Å². The van der Waals surface area contributed by atoms with Gasteiger partial charge < -0.3 is 24.6 Å². The van der Waals surface area contributed by atoms with Crippen molar-refractivity contribution in [2.24, 2.45) is 0 Å². The molecule has 11 nitrogen and oxygen atoms in total. The highest BCUT2D eigenvalue weighted by Crippen LogP contribution is 2.50. The van der Waals surface area contributed by atoms with Crippen molar-refractivity contribution in [2.45, 2.75) is 0 Å². The van der Waals surface area contributed by atoms with E-state index >= 15 is 0 Å². The van der Waals surface area contributed by atoms with E-state index in [1.54, 1.807) is 48.8 Å². The molecule has 1 unspecified atom stereocenters. The van der Waals surface area contributed by atoms with Crippen molar-refractivity contribution in [3.63, 3.8) is 0 Å². The van der Waals surface area contributed by atoms with Gasteiger partial charge in [0.2, 0.25) is 0 Å². The molecular weight excluding hydrogens is 384 g/mol. The maximum absolute atomic E-state index is 11.7. The van der Waals surface area contributed by atoms with Gasteiger partial charge in [0.25, 0.3) is 7.75 Å². The maximum Gasteiger partial charge on any atom is 0.257 e. The number of hydrogen-bond donors (Lipinski definition) is 1. The van der Waals surface area contributed by atoms with E-state index in [0.717, 1.165) is 12.0 Å². The highest BCUT2D eigenvalue weighted by molar-refractivity contribution is 7.60. The molecule has 2 heterocycles. The second-order valence-corrected chi connectivity index (χ2v) is 7.79. The number of para-hydroxylation sites is 1. The summed E-state index contributed by atoms with van der Waals surface area (Å²) in [5.41, 5.74) is 1.73. The van der Waals surface area contributed by atoms with Crippen molar-refractivity contribution in [2.75, 3.05) is 5.32 Å². The number of nitrogens with zero attached hydrogens (tertiary/aromatic N) is 4. The Morgan fingerprint density at radius 1 is 1.04 bits per heavy atom. The molecule has 1 aromatic carbocycles. The van der Waals surface area contributed by atoms with Crippen LogP contribution < -0.4 is 20.0 Å². The molecule has 0 radical (unpaired) electrons. The normalized spacial score (nSPS) is 14.0. The van der Waals surface area contributed by atoms with E-state index < -0.39 is 15.6 Å². The first-order chi connectivity index (χ1) is 12.2. The lowest BCUT2D eigenvalue weighted by atomic mass is 10.1. The Labute approximate surface area is 147 Å². The van der Waals surface area contributed by atoms with Gasteiger partial charge in [0.05, 0.1) is 7.82 Å². The number of aromatic nitrogens is 4. The van der Waals surface area contributed by atoms with E-state index in [9.17, 15) is 23.8 Å². The Hall–Kier alpha value is -2.39. The van der Waals surface area contributed by atoms with Crippen molar-refractivity contribution in [3.8, 4) is 11.4 Å². The fourth-order valence-corrected chi connectivity index (χ4v) is 3.72. The molecule has 0 fully saturated rings. The van der Waals surface area contributed by atoms with Crippen LogP contribution in [0.1, 0.15) is 0 Å². The molecular formula is C13H10N5O6P2-3. The summed E-state index contributed by atoms with van der Waals surface area (Å²) in [4.78, 5) is 40.6. The summed E-state index contributed by atoms with van der Waals surface area (Å²) < 4.78 is 26.1. The Morgan fingerprint density at radius 3 is 2.42 bits per heavy atom. The van der Waals surface area contributed by atoms with Gasteiger partial charge in [-0.15, -0.1) is 5.10 Å². The smallest absolute Gasteiger partial charge is 0.257 e. The lowest BCUT2D eigenvalue weighted by Gasteiger charge is -2.35. The van der Waals surface area contributed by atoms with Gasteiger partial charge in [0.15, 0.2) is 5.82 Å². The second-order valence-electron chi connectivity index (χ2n) is 4.89. The number of benzene rings is 1. The van der Waals surface area contributed by atoms with E-state index in [1.807, 2.05) is 0 Å². The van der Waals surface area contributed by atoms with Crippen molar-refractivity contribution in [3.05, 3.63) is 55.1 Å². The Balaban J connectivity index is 1.93. The minimum Gasteiger partial charge on any atom is -0.790 e. The summed E-state index contributed by atoms with van der Waals surface area (Å²) in [7, 11) is -11.0. The number of nitrogens with one attached hydrogen (secondary N) is 1. The van der Waals surface area contributed by atoms with Crippen LogP contribution in [0.2, 0.25) is 0 Å². The third-order valence-corrected chi connectivity index (χ3v) is 5.38. The van der Waals surface area contributed by atoms with Crippen molar-refractivity contribution in [1.29, 1.82) is 0 Å². The molecule has 26 heavy (non-hydrogen) atoms. The first kappa shape index (κ1) is 18.4. The summed E-state index contributed by atoms with van der Waals surface area (Å²) >= 11 is 0. The van der Waals surface area contributed by atoms with E-state index in [1.165, 1.54) is 0 Å². The Kier molecular flexibility index (Phi) is 5.01. The number of hydrogen-bond acceptors (Lipinski definition) is 10. The van der Waals surface area contributed by atoms with Gasteiger partial charge in [0.1, 0.15) is 6.33 Å². The Bertz CT molecular complexity index is 1010. The number of rotatable bonds is 6. The van der Waals surface area contributed by atoms with Gasteiger partial charge in [-0.25, -0.2) is 4.98 Å². The number of pyridine rings is 1. The van der Waals surface area contributed by atoms with Crippen LogP contribution in [0.15, 0.2) is 55.1 Å². The van der Waals surface area contributed by atoms with Crippen LogP contribution in [0.5, 0.6) is 0 Å². The van der Waals surface area contributed by atoms with E-state index in [0.29, 0.717) is 11.3 Å². The first-order valence-electron chi connectivity index (χ1n) is 6.98. The van der Waals surface area contributed by atoms with Gasteiger partial charge in [0, 0.05) is 29.3 Å². The summed E-state index contributed by atoms with van der Waals surface area (Å²) in [5.74, 6) is -0.0199. The summed E-state index contributed by atoms with van der Waals surface area (Å²) in [6, 6.07) is 10.2. The second kappa shape index (κ2) is 7.08. The van der Waals surface area contributed by atoms with Crippen LogP contribution >= 0.6 is 15.6 Å². The van der Waals surface area contributed by atoms with E-state index in [4.69, 9.17) is 0 Å². The molecule has 3 aromatic rings. The topological polar surface area (TPSA) is 168 Å². The van der Waals surface area contributed by atoms with Crippen molar-refractivity contribution in [1.82, 2.24) is 19.5 Å². The van der Waals surface area contributed by atoms with Crippen LogP contribution in [-0.2, 0) is 13.4 Å². The van der Waals surface area contributed by atoms with Crippen LogP contribution in [0.4, 0.5) is 11.4 Å². The lowest BCUT2D eigenvalue weighted by Crippen LogP contribution is -2.21. The molecule has 13 heteroatoms. The molecule has 0 saturated carbocycles. The number of anilines is 2. The van der Waals surface area contributed by atoms with Crippen LogP contribution in [0.3, 0.4) is 0 Å². The molecule has 3 rings (SSSR count). The summed E-state index contributed by atoms with van der Waals surface area (Å²) in [6.07, 6.45) is 3.92. The highest BCUT2D eigenvalue weighted by Gasteiger charge is 2.18. The van der Waals surface area contributed by atoms with Crippen LogP contribution in [-0.4, -0.2) is 19.5 Å².